The zero-order valence-electron chi connectivity index (χ0n) is 23.5. The van der Waals surface area contributed by atoms with Gasteiger partial charge in [0, 0.05) is 44.3 Å². The quantitative estimate of drug-likeness (QED) is 0.403. The molecule has 0 spiro atoms. The van der Waals surface area contributed by atoms with Gasteiger partial charge in [-0.25, -0.2) is 14.8 Å². The van der Waals surface area contributed by atoms with E-state index in [1.54, 1.807) is 6.07 Å². The molecule has 1 saturated carbocycles. The van der Waals surface area contributed by atoms with Crippen molar-refractivity contribution in [3.8, 4) is 0 Å². The first-order valence-electron chi connectivity index (χ1n) is 13.9. The number of amides is 2. The van der Waals surface area contributed by atoms with E-state index in [0.717, 1.165) is 45.2 Å². The first kappa shape index (κ1) is 28.8. The lowest BCUT2D eigenvalue weighted by Gasteiger charge is -2.30. The lowest BCUT2D eigenvalue weighted by Crippen LogP contribution is -2.42. The fourth-order valence-corrected chi connectivity index (χ4v) is 5.19. The molecule has 1 aromatic carbocycles. The molecule has 1 aliphatic carbocycles. The van der Waals surface area contributed by atoms with Crippen LogP contribution in [0.4, 0.5) is 10.6 Å². The molecule has 1 aromatic heterocycles. The molecular formula is C29H42N6O4. The first-order chi connectivity index (χ1) is 18.5. The molecule has 4 rings (SSSR count). The summed E-state index contributed by atoms with van der Waals surface area (Å²) < 4.78 is 5.35. The molecule has 212 valence electrons. The van der Waals surface area contributed by atoms with Gasteiger partial charge >= 0.3 is 6.09 Å². The largest absolute Gasteiger partial charge is 0.444 e. The van der Waals surface area contributed by atoms with E-state index >= 15 is 0 Å². The maximum absolute atomic E-state index is 12.7. The van der Waals surface area contributed by atoms with Crippen LogP contribution in [0.15, 0.2) is 30.6 Å². The summed E-state index contributed by atoms with van der Waals surface area (Å²) in [6.07, 6.45) is 4.66. The number of nitrogens with one attached hydrogen (secondary N) is 3. The van der Waals surface area contributed by atoms with Crippen molar-refractivity contribution in [2.45, 2.75) is 90.1 Å². The van der Waals surface area contributed by atoms with Crippen molar-refractivity contribution in [1.82, 2.24) is 25.5 Å². The van der Waals surface area contributed by atoms with Crippen LogP contribution >= 0.6 is 0 Å². The second kappa shape index (κ2) is 12.7. The third-order valence-corrected chi connectivity index (χ3v) is 7.12. The predicted molar refractivity (Wildman–Crippen MR) is 150 cm³/mol. The van der Waals surface area contributed by atoms with Gasteiger partial charge in [0.25, 0.3) is 5.91 Å². The number of ether oxygens (including phenoxy) is 1. The van der Waals surface area contributed by atoms with Crippen LogP contribution in [0, 0.1) is 6.92 Å². The normalized spacial score (nSPS) is 20.4. The van der Waals surface area contributed by atoms with Gasteiger partial charge in [0.2, 0.25) is 0 Å². The summed E-state index contributed by atoms with van der Waals surface area (Å²) in [5.74, 6) is 0.241. The highest BCUT2D eigenvalue weighted by Gasteiger charge is 2.25. The molecule has 2 aliphatic rings. The van der Waals surface area contributed by atoms with Gasteiger partial charge in [-0.1, -0.05) is 23.8 Å². The van der Waals surface area contributed by atoms with Crippen molar-refractivity contribution in [3.63, 3.8) is 0 Å². The van der Waals surface area contributed by atoms with E-state index in [0.29, 0.717) is 12.4 Å². The third kappa shape index (κ3) is 8.90. The van der Waals surface area contributed by atoms with Crippen molar-refractivity contribution < 1.29 is 19.4 Å². The molecule has 2 amide bonds. The van der Waals surface area contributed by atoms with Gasteiger partial charge in [0.05, 0.1) is 6.10 Å². The number of carbonyl (C=O) groups is 2. The van der Waals surface area contributed by atoms with Crippen LogP contribution in [0.25, 0.3) is 0 Å². The number of hydrogen-bond donors (Lipinski definition) is 4. The summed E-state index contributed by atoms with van der Waals surface area (Å²) in [6.45, 7) is 9.99. The second-order valence-electron chi connectivity index (χ2n) is 11.7. The number of anilines is 1. The SMILES string of the molecule is Cc1ccc2c(c1)CCN(C[C@@H](O)CNC(=O)c1cc(NC3CCC(NC(=O)OC(C)(C)C)CC3)ncn1)C2. The van der Waals surface area contributed by atoms with Crippen molar-refractivity contribution >= 4 is 17.8 Å². The van der Waals surface area contributed by atoms with Crippen LogP contribution in [0.2, 0.25) is 0 Å². The van der Waals surface area contributed by atoms with Crippen molar-refractivity contribution in [2.75, 3.05) is 25.0 Å². The van der Waals surface area contributed by atoms with Crippen molar-refractivity contribution in [3.05, 3.63) is 53.0 Å². The van der Waals surface area contributed by atoms with Crippen LogP contribution in [0.5, 0.6) is 0 Å². The highest BCUT2D eigenvalue weighted by atomic mass is 16.6. The Kier molecular flexibility index (Phi) is 9.40. The van der Waals surface area contributed by atoms with E-state index in [2.05, 4.69) is 55.9 Å². The minimum atomic E-state index is -0.676. The number of nitrogens with zero attached hydrogens (tertiary/aromatic N) is 3. The molecule has 0 unspecified atom stereocenters. The Morgan fingerprint density at radius 2 is 1.85 bits per heavy atom. The standard InChI is InChI=1S/C29H42N6O4/c1-19-5-6-21-16-35(12-11-20(21)13-19)17-24(36)15-30-27(37)25-14-26(32-18-31-25)33-22-7-9-23(10-8-22)34-28(38)39-29(2,3)4/h5-6,13-14,18,22-24,36H,7-12,15-17H2,1-4H3,(H,30,37)(H,34,38)(H,31,32,33)/t22?,23?,24-/m0/s1. The molecule has 2 aromatic rings. The molecule has 1 aliphatic heterocycles. The van der Waals surface area contributed by atoms with Crippen LogP contribution < -0.4 is 16.0 Å². The molecule has 10 nitrogen and oxygen atoms in total. The summed E-state index contributed by atoms with van der Waals surface area (Å²) in [5.41, 5.74) is 3.69. The van der Waals surface area contributed by atoms with Crippen LogP contribution in [-0.2, 0) is 17.7 Å². The van der Waals surface area contributed by atoms with E-state index < -0.39 is 11.7 Å². The number of alkyl carbamates (subject to hydrolysis) is 1. The number of aliphatic hydroxyl groups excluding tert-OH is 1. The Balaban J connectivity index is 1.19. The Morgan fingerprint density at radius 3 is 2.59 bits per heavy atom. The van der Waals surface area contributed by atoms with Gasteiger partial charge in [-0.05, 0) is 70.9 Å². The Hall–Kier alpha value is -3.24. The van der Waals surface area contributed by atoms with Gasteiger partial charge in [-0.15, -0.1) is 0 Å². The summed E-state index contributed by atoms with van der Waals surface area (Å²) in [5, 5.41) is 19.7. The molecule has 1 atom stereocenters. The maximum atomic E-state index is 12.7. The van der Waals surface area contributed by atoms with Crippen LogP contribution in [0.1, 0.15) is 73.6 Å². The Morgan fingerprint density at radius 1 is 1.10 bits per heavy atom. The minimum Gasteiger partial charge on any atom is -0.444 e. The fraction of sp³-hybridized carbons (Fsp3) is 0.586. The maximum Gasteiger partial charge on any atom is 0.407 e. The highest BCUT2D eigenvalue weighted by Crippen LogP contribution is 2.23. The fourth-order valence-electron chi connectivity index (χ4n) is 5.19. The van der Waals surface area contributed by atoms with Crippen molar-refractivity contribution in [1.29, 1.82) is 0 Å². The molecule has 2 heterocycles. The topological polar surface area (TPSA) is 129 Å². The van der Waals surface area contributed by atoms with E-state index in [1.807, 2.05) is 20.8 Å². The van der Waals surface area contributed by atoms with Crippen LogP contribution in [0.3, 0.4) is 0 Å². The molecule has 0 bridgehead atoms. The van der Waals surface area contributed by atoms with E-state index in [-0.39, 0.29) is 36.3 Å². The highest BCUT2D eigenvalue weighted by molar-refractivity contribution is 5.92. The number of aliphatic hydroxyl groups is 1. The van der Waals surface area contributed by atoms with E-state index in [1.165, 1.54) is 23.0 Å². The average Bonchev–Trinajstić information content (AvgIpc) is 2.87. The molecular weight excluding hydrogens is 496 g/mol. The summed E-state index contributed by atoms with van der Waals surface area (Å²) in [6, 6.07) is 8.43. The molecule has 4 N–H and O–H groups in total. The zero-order valence-corrected chi connectivity index (χ0v) is 23.5. The molecule has 0 radical (unpaired) electrons. The second-order valence-corrected chi connectivity index (χ2v) is 11.7. The number of β-amino-alcohol motifs (C(OH)–C–C–N with tert-alkyl or cyclic N) is 1. The monoisotopic (exact) mass is 538 g/mol. The molecule has 39 heavy (non-hydrogen) atoms. The number of aromatic nitrogens is 2. The molecule has 1 fully saturated rings. The summed E-state index contributed by atoms with van der Waals surface area (Å²) >= 11 is 0. The first-order valence-corrected chi connectivity index (χ1v) is 13.9. The van der Waals surface area contributed by atoms with E-state index in [4.69, 9.17) is 4.74 Å². The average molecular weight is 539 g/mol. The van der Waals surface area contributed by atoms with Gasteiger partial charge in [-0.2, -0.15) is 0 Å². The smallest absolute Gasteiger partial charge is 0.407 e. The predicted octanol–water partition coefficient (Wildman–Crippen LogP) is 3.18. The lowest BCUT2D eigenvalue weighted by molar-refractivity contribution is 0.0492. The van der Waals surface area contributed by atoms with Gasteiger partial charge in [-0.3, -0.25) is 9.69 Å². The van der Waals surface area contributed by atoms with Crippen LogP contribution in [-0.4, -0.2) is 75.4 Å². The summed E-state index contributed by atoms with van der Waals surface area (Å²) in [7, 11) is 0. The number of fused-ring (bicyclic) bond motifs is 1. The summed E-state index contributed by atoms with van der Waals surface area (Å²) in [4.78, 5) is 35.4. The number of rotatable bonds is 8. The van der Waals surface area contributed by atoms with E-state index in [9.17, 15) is 14.7 Å². The van der Waals surface area contributed by atoms with Gasteiger partial charge < -0.3 is 25.8 Å². The van der Waals surface area contributed by atoms with Gasteiger partial charge in [0.1, 0.15) is 23.4 Å². The van der Waals surface area contributed by atoms with Crippen molar-refractivity contribution in [2.24, 2.45) is 0 Å². The number of hydrogen-bond acceptors (Lipinski definition) is 8. The molecule has 10 heteroatoms. The molecule has 0 saturated heterocycles. The van der Waals surface area contributed by atoms with Gasteiger partial charge in [0.15, 0.2) is 0 Å². The Labute approximate surface area is 230 Å². The zero-order chi connectivity index (χ0) is 28.0. The Bertz CT molecular complexity index is 1140. The minimum absolute atomic E-state index is 0.0833. The number of benzene rings is 1. The third-order valence-electron chi connectivity index (χ3n) is 7.12. The number of aryl methyl sites for hydroxylation is 1. The number of carbonyl (C=O) groups excluding carboxylic acids is 2. The lowest BCUT2D eigenvalue weighted by atomic mass is 9.91.